The molecule has 1 aromatic carbocycles. The molecule has 6 heteroatoms. The predicted molar refractivity (Wildman–Crippen MR) is 103 cm³/mol. The highest BCUT2D eigenvalue weighted by Crippen LogP contribution is 2.43. The van der Waals surface area contributed by atoms with Crippen LogP contribution in [0, 0.1) is 12.8 Å². The normalized spacial score (nSPS) is 21.0. The molecule has 1 aliphatic heterocycles. The van der Waals surface area contributed by atoms with Gasteiger partial charge in [-0.15, -0.1) is 11.3 Å². The second-order valence-electron chi connectivity index (χ2n) is 6.74. The first kappa shape index (κ1) is 18.6. The number of carbonyl (C=O) groups is 2. The van der Waals surface area contributed by atoms with Crippen molar-refractivity contribution in [3.8, 4) is 0 Å². The summed E-state index contributed by atoms with van der Waals surface area (Å²) in [6.45, 7) is 4.35. The number of benzene rings is 1. The number of thiophene rings is 1. The Bertz CT molecular complexity index is 758. The van der Waals surface area contributed by atoms with Crippen molar-refractivity contribution in [3.63, 3.8) is 0 Å². The monoisotopic (exact) mass is 372 g/mol. The molecule has 5 nitrogen and oxygen atoms in total. The van der Waals surface area contributed by atoms with Gasteiger partial charge < -0.3 is 15.0 Å². The van der Waals surface area contributed by atoms with Gasteiger partial charge in [0.2, 0.25) is 11.8 Å². The second-order valence-corrected chi connectivity index (χ2v) is 7.71. The van der Waals surface area contributed by atoms with E-state index >= 15 is 0 Å². The van der Waals surface area contributed by atoms with E-state index in [-0.39, 0.29) is 30.3 Å². The van der Waals surface area contributed by atoms with Gasteiger partial charge in [-0.3, -0.25) is 9.59 Å². The van der Waals surface area contributed by atoms with Crippen LogP contribution in [0.1, 0.15) is 29.8 Å². The Morgan fingerprint density at radius 1 is 1.35 bits per heavy atom. The molecule has 3 rings (SSSR count). The van der Waals surface area contributed by atoms with E-state index in [9.17, 15) is 9.59 Å². The molecule has 26 heavy (non-hydrogen) atoms. The van der Waals surface area contributed by atoms with Crippen LogP contribution in [-0.2, 0) is 14.3 Å². The predicted octanol–water partition coefficient (Wildman–Crippen LogP) is 3.30. The highest BCUT2D eigenvalue weighted by atomic mass is 32.1. The number of amides is 2. The molecule has 1 fully saturated rings. The van der Waals surface area contributed by atoms with Gasteiger partial charge >= 0.3 is 0 Å². The minimum Gasteiger partial charge on any atom is -0.383 e. The number of rotatable bonds is 6. The lowest BCUT2D eigenvalue weighted by molar-refractivity contribution is -0.127. The molecule has 0 spiro atoms. The van der Waals surface area contributed by atoms with Crippen molar-refractivity contribution in [2.45, 2.75) is 32.4 Å². The van der Waals surface area contributed by atoms with E-state index in [4.69, 9.17) is 4.74 Å². The maximum Gasteiger partial charge on any atom is 0.228 e. The summed E-state index contributed by atoms with van der Waals surface area (Å²) in [7, 11) is 1.61. The number of nitrogens with one attached hydrogen (secondary N) is 1. The zero-order valence-electron chi connectivity index (χ0n) is 15.3. The SMILES string of the molecule is COC[C@H](C)NC(=O)[C@H]1CC(=O)N(c2ccc(C)cc2)[C@H]1c1cccs1. The number of aryl methyl sites for hydroxylation is 1. The van der Waals surface area contributed by atoms with Crippen LogP contribution < -0.4 is 10.2 Å². The van der Waals surface area contributed by atoms with Gasteiger partial charge in [0.05, 0.1) is 18.6 Å². The van der Waals surface area contributed by atoms with Crippen LogP contribution in [-0.4, -0.2) is 31.6 Å². The van der Waals surface area contributed by atoms with Crippen molar-refractivity contribution in [1.82, 2.24) is 5.32 Å². The molecule has 0 radical (unpaired) electrons. The van der Waals surface area contributed by atoms with E-state index in [1.165, 1.54) is 0 Å². The van der Waals surface area contributed by atoms with Crippen LogP contribution in [0.4, 0.5) is 5.69 Å². The summed E-state index contributed by atoms with van der Waals surface area (Å²) in [5.41, 5.74) is 1.97. The van der Waals surface area contributed by atoms with Crippen LogP contribution in [0.3, 0.4) is 0 Å². The molecule has 1 aromatic heterocycles. The van der Waals surface area contributed by atoms with Gasteiger partial charge in [-0.2, -0.15) is 0 Å². The van der Waals surface area contributed by atoms with Crippen LogP contribution in [0.2, 0.25) is 0 Å². The lowest BCUT2D eigenvalue weighted by Gasteiger charge is -2.28. The molecule has 2 heterocycles. The Balaban J connectivity index is 1.91. The van der Waals surface area contributed by atoms with Gasteiger partial charge in [0.1, 0.15) is 0 Å². The summed E-state index contributed by atoms with van der Waals surface area (Å²) in [5.74, 6) is -0.538. The minimum absolute atomic E-state index is 0.0215. The van der Waals surface area contributed by atoms with E-state index in [1.807, 2.05) is 55.6 Å². The number of methoxy groups -OCH3 is 1. The van der Waals surface area contributed by atoms with Gasteiger partial charge in [-0.05, 0) is 37.4 Å². The molecule has 1 saturated heterocycles. The van der Waals surface area contributed by atoms with E-state index < -0.39 is 5.92 Å². The van der Waals surface area contributed by atoms with Crippen molar-refractivity contribution in [2.75, 3.05) is 18.6 Å². The lowest BCUT2D eigenvalue weighted by atomic mass is 9.97. The molecule has 0 unspecified atom stereocenters. The van der Waals surface area contributed by atoms with E-state index in [1.54, 1.807) is 23.3 Å². The second kappa shape index (κ2) is 8.01. The highest BCUT2D eigenvalue weighted by Gasteiger charge is 2.45. The van der Waals surface area contributed by atoms with E-state index in [2.05, 4.69) is 5.32 Å². The fourth-order valence-corrected chi connectivity index (χ4v) is 4.29. The summed E-state index contributed by atoms with van der Waals surface area (Å²) < 4.78 is 5.10. The first-order valence-electron chi connectivity index (χ1n) is 8.72. The third-order valence-corrected chi connectivity index (χ3v) is 5.55. The average molecular weight is 372 g/mol. The fraction of sp³-hybridized carbons (Fsp3) is 0.400. The molecular weight excluding hydrogens is 348 g/mol. The number of nitrogens with zero attached hydrogens (tertiary/aromatic N) is 1. The molecule has 0 bridgehead atoms. The third kappa shape index (κ3) is 3.81. The summed E-state index contributed by atoms with van der Waals surface area (Å²) >= 11 is 1.58. The van der Waals surface area contributed by atoms with Crippen molar-refractivity contribution in [1.29, 1.82) is 0 Å². The average Bonchev–Trinajstić information content (AvgIpc) is 3.23. The number of hydrogen-bond donors (Lipinski definition) is 1. The standard InChI is InChI=1S/C20H24N2O3S/c1-13-6-8-15(9-7-13)22-18(23)11-16(19(22)17-5-4-10-26-17)20(24)21-14(2)12-25-3/h4-10,14,16,19H,11-12H2,1-3H3,(H,21,24)/t14-,16-,19+/m0/s1. The third-order valence-electron chi connectivity index (χ3n) is 4.61. The smallest absolute Gasteiger partial charge is 0.228 e. The Morgan fingerprint density at radius 2 is 2.08 bits per heavy atom. The summed E-state index contributed by atoms with van der Waals surface area (Å²) in [5, 5.41) is 4.96. The van der Waals surface area contributed by atoms with E-state index in [0.29, 0.717) is 6.61 Å². The Hall–Kier alpha value is -2.18. The maximum atomic E-state index is 12.9. The van der Waals surface area contributed by atoms with Crippen molar-refractivity contribution in [3.05, 3.63) is 52.2 Å². The maximum absolute atomic E-state index is 12.9. The quantitative estimate of drug-likeness (QED) is 0.846. The number of hydrogen-bond acceptors (Lipinski definition) is 4. The van der Waals surface area contributed by atoms with Gasteiger partial charge in [-0.25, -0.2) is 0 Å². The first-order chi connectivity index (χ1) is 12.5. The minimum atomic E-state index is -0.415. The molecule has 2 aromatic rings. The lowest BCUT2D eigenvalue weighted by Crippen LogP contribution is -2.41. The van der Waals surface area contributed by atoms with Crippen molar-refractivity contribution < 1.29 is 14.3 Å². The summed E-state index contributed by atoms with van der Waals surface area (Å²) in [6.07, 6.45) is 0.210. The van der Waals surface area contributed by atoms with Crippen LogP contribution in [0.15, 0.2) is 41.8 Å². The molecule has 0 aliphatic carbocycles. The van der Waals surface area contributed by atoms with Gasteiger partial charge in [0.25, 0.3) is 0 Å². The topological polar surface area (TPSA) is 58.6 Å². The number of ether oxygens (including phenoxy) is 1. The zero-order valence-corrected chi connectivity index (χ0v) is 16.1. The van der Waals surface area contributed by atoms with Gasteiger partial charge in [0.15, 0.2) is 0 Å². The Kier molecular flexibility index (Phi) is 5.74. The van der Waals surface area contributed by atoms with Crippen molar-refractivity contribution in [2.24, 2.45) is 5.92 Å². The molecular formula is C20H24N2O3S. The highest BCUT2D eigenvalue weighted by molar-refractivity contribution is 7.10. The van der Waals surface area contributed by atoms with E-state index in [0.717, 1.165) is 16.1 Å². The van der Waals surface area contributed by atoms with Gasteiger partial charge in [0, 0.05) is 30.1 Å². The van der Waals surface area contributed by atoms with Crippen molar-refractivity contribution >= 4 is 28.8 Å². The molecule has 3 atom stereocenters. The fourth-order valence-electron chi connectivity index (χ4n) is 3.41. The number of anilines is 1. The van der Waals surface area contributed by atoms with Gasteiger partial charge in [-0.1, -0.05) is 23.8 Å². The zero-order chi connectivity index (χ0) is 18.7. The summed E-state index contributed by atoms with van der Waals surface area (Å²) in [4.78, 5) is 28.5. The number of carbonyl (C=O) groups excluding carboxylic acids is 2. The molecule has 0 saturated carbocycles. The molecule has 2 amide bonds. The Labute approximate surface area is 158 Å². The van der Waals surface area contributed by atoms with Crippen LogP contribution in [0.25, 0.3) is 0 Å². The van der Waals surface area contributed by atoms with Crippen LogP contribution >= 0.6 is 11.3 Å². The summed E-state index contributed by atoms with van der Waals surface area (Å²) in [6, 6.07) is 11.4. The first-order valence-corrected chi connectivity index (χ1v) is 9.60. The molecule has 1 N–H and O–H groups in total. The van der Waals surface area contributed by atoms with Crippen LogP contribution in [0.5, 0.6) is 0 Å². The molecule has 138 valence electrons. The largest absolute Gasteiger partial charge is 0.383 e. The Morgan fingerprint density at radius 3 is 2.69 bits per heavy atom. The molecule has 1 aliphatic rings.